The zero-order valence-electron chi connectivity index (χ0n) is 8.22. The van der Waals surface area contributed by atoms with E-state index in [-0.39, 0.29) is 0 Å². The molecule has 78 valence electrons. The maximum absolute atomic E-state index is 5.23. The molecule has 15 heavy (non-hydrogen) atoms. The lowest BCUT2D eigenvalue weighted by molar-refractivity contribution is 0.478. The Labute approximate surface area is 87.0 Å². The van der Waals surface area contributed by atoms with Crippen molar-refractivity contribution in [3.05, 3.63) is 53.7 Å². The van der Waals surface area contributed by atoms with Crippen molar-refractivity contribution in [2.45, 2.75) is 12.8 Å². The summed E-state index contributed by atoms with van der Waals surface area (Å²) >= 11 is 0. The molecule has 0 fully saturated rings. The topological polar surface area (TPSA) is 64.7 Å². The van der Waals surface area contributed by atoms with Crippen LogP contribution in [0.15, 0.2) is 50.7 Å². The van der Waals surface area contributed by atoms with Gasteiger partial charge in [0.1, 0.15) is 5.76 Å². The standard InChI is InChI=1S/C11H12N2O2/c12-13-11-6-4-9(8-15-11)3-5-10-2-1-7-14-10/h1-2,4,6-8H,3,5,12H2. The van der Waals surface area contributed by atoms with Gasteiger partial charge in [-0.3, -0.25) is 0 Å². The van der Waals surface area contributed by atoms with Crippen LogP contribution >= 0.6 is 0 Å². The van der Waals surface area contributed by atoms with Crippen molar-refractivity contribution < 1.29 is 8.83 Å². The van der Waals surface area contributed by atoms with Crippen LogP contribution in [0.1, 0.15) is 11.3 Å². The number of furan rings is 1. The molecule has 4 nitrogen and oxygen atoms in total. The molecule has 0 spiro atoms. The van der Waals surface area contributed by atoms with E-state index in [1.54, 1.807) is 18.6 Å². The fourth-order valence-electron chi connectivity index (χ4n) is 1.33. The lowest BCUT2D eigenvalue weighted by Gasteiger charge is -1.97. The van der Waals surface area contributed by atoms with Crippen LogP contribution < -0.4 is 11.4 Å². The van der Waals surface area contributed by atoms with E-state index < -0.39 is 0 Å². The van der Waals surface area contributed by atoms with E-state index in [0.29, 0.717) is 5.55 Å². The molecule has 0 amide bonds. The predicted octanol–water partition coefficient (Wildman–Crippen LogP) is 1.43. The minimum Gasteiger partial charge on any atom is -0.469 e. The highest BCUT2D eigenvalue weighted by Gasteiger charge is 1.98. The normalized spacial score (nSPS) is 11.9. The van der Waals surface area contributed by atoms with Crippen molar-refractivity contribution in [2.24, 2.45) is 10.9 Å². The molecule has 0 aliphatic heterocycles. The van der Waals surface area contributed by atoms with Gasteiger partial charge in [0, 0.05) is 12.5 Å². The summed E-state index contributed by atoms with van der Waals surface area (Å²) in [6.45, 7) is 0. The van der Waals surface area contributed by atoms with Crippen molar-refractivity contribution in [2.75, 3.05) is 0 Å². The van der Waals surface area contributed by atoms with Gasteiger partial charge in [-0.05, 0) is 24.1 Å². The van der Waals surface area contributed by atoms with E-state index >= 15 is 0 Å². The first-order chi connectivity index (χ1) is 7.38. The first kappa shape index (κ1) is 9.58. The molecular weight excluding hydrogens is 192 g/mol. The fraction of sp³-hybridized carbons (Fsp3) is 0.182. The SMILES string of the molecule is NN=c1ccc(CCc2ccco2)co1. The van der Waals surface area contributed by atoms with Gasteiger partial charge < -0.3 is 14.7 Å². The monoisotopic (exact) mass is 204 g/mol. The molecule has 0 bridgehead atoms. The summed E-state index contributed by atoms with van der Waals surface area (Å²) in [5, 5.41) is 3.44. The van der Waals surface area contributed by atoms with Gasteiger partial charge in [0.2, 0.25) is 5.55 Å². The maximum Gasteiger partial charge on any atom is 0.235 e. The quantitative estimate of drug-likeness (QED) is 0.607. The summed E-state index contributed by atoms with van der Waals surface area (Å²) in [6.07, 6.45) is 5.08. The van der Waals surface area contributed by atoms with Crippen molar-refractivity contribution in [1.82, 2.24) is 0 Å². The Hall–Kier alpha value is -1.97. The minimum absolute atomic E-state index is 0.428. The van der Waals surface area contributed by atoms with Gasteiger partial charge in [0.15, 0.2) is 0 Å². The summed E-state index contributed by atoms with van der Waals surface area (Å²) in [4.78, 5) is 0. The number of nitrogens with zero attached hydrogens (tertiary/aromatic N) is 1. The van der Waals surface area contributed by atoms with E-state index in [4.69, 9.17) is 14.7 Å². The third-order valence-corrected chi connectivity index (χ3v) is 2.14. The molecular formula is C11H12N2O2. The van der Waals surface area contributed by atoms with E-state index in [1.165, 1.54) is 0 Å². The highest BCUT2D eigenvalue weighted by molar-refractivity contribution is 5.09. The van der Waals surface area contributed by atoms with Crippen LogP contribution in [0, 0.1) is 0 Å². The van der Waals surface area contributed by atoms with E-state index in [9.17, 15) is 0 Å². The van der Waals surface area contributed by atoms with Gasteiger partial charge in [0.05, 0.1) is 12.5 Å². The Morgan fingerprint density at radius 3 is 2.67 bits per heavy atom. The van der Waals surface area contributed by atoms with E-state index in [0.717, 1.165) is 24.2 Å². The lowest BCUT2D eigenvalue weighted by Crippen LogP contribution is -2.03. The molecule has 0 atom stereocenters. The highest BCUT2D eigenvalue weighted by Crippen LogP contribution is 2.06. The number of aryl methyl sites for hydroxylation is 2. The molecule has 2 heterocycles. The Kier molecular flexibility index (Phi) is 2.88. The second-order valence-electron chi connectivity index (χ2n) is 3.19. The number of hydrogen-bond donors (Lipinski definition) is 1. The molecule has 2 rings (SSSR count). The van der Waals surface area contributed by atoms with Crippen LogP contribution in [0.2, 0.25) is 0 Å². The van der Waals surface area contributed by atoms with Gasteiger partial charge in [-0.2, -0.15) is 0 Å². The highest BCUT2D eigenvalue weighted by atomic mass is 16.3. The minimum atomic E-state index is 0.428. The molecule has 0 aromatic carbocycles. The smallest absolute Gasteiger partial charge is 0.235 e. The average Bonchev–Trinajstić information content (AvgIpc) is 2.80. The molecule has 0 saturated carbocycles. The largest absolute Gasteiger partial charge is 0.469 e. The van der Waals surface area contributed by atoms with E-state index in [1.807, 2.05) is 18.2 Å². The van der Waals surface area contributed by atoms with Gasteiger partial charge in [-0.15, -0.1) is 5.10 Å². The summed E-state index contributed by atoms with van der Waals surface area (Å²) in [5.41, 5.74) is 1.52. The van der Waals surface area contributed by atoms with Crippen molar-refractivity contribution in [3.63, 3.8) is 0 Å². The number of rotatable bonds is 3. The van der Waals surface area contributed by atoms with Crippen LogP contribution in [0.25, 0.3) is 0 Å². The third kappa shape index (κ3) is 2.49. The van der Waals surface area contributed by atoms with E-state index in [2.05, 4.69) is 5.10 Å². The fourth-order valence-corrected chi connectivity index (χ4v) is 1.33. The molecule has 0 radical (unpaired) electrons. The van der Waals surface area contributed by atoms with Crippen molar-refractivity contribution >= 4 is 0 Å². The zero-order valence-corrected chi connectivity index (χ0v) is 8.22. The molecule has 2 aromatic rings. The summed E-state index contributed by atoms with van der Waals surface area (Å²) in [5.74, 6) is 6.04. The molecule has 0 aliphatic rings. The van der Waals surface area contributed by atoms with Gasteiger partial charge in [-0.1, -0.05) is 6.07 Å². The van der Waals surface area contributed by atoms with Gasteiger partial charge >= 0.3 is 0 Å². The predicted molar refractivity (Wildman–Crippen MR) is 54.6 cm³/mol. The Morgan fingerprint density at radius 2 is 2.07 bits per heavy atom. The number of nitrogens with two attached hydrogens (primary N) is 1. The Balaban J connectivity index is 2.00. The van der Waals surface area contributed by atoms with Crippen LogP contribution in [0.4, 0.5) is 0 Å². The molecule has 4 heteroatoms. The average molecular weight is 204 g/mol. The van der Waals surface area contributed by atoms with Crippen molar-refractivity contribution in [1.29, 1.82) is 0 Å². The van der Waals surface area contributed by atoms with Gasteiger partial charge in [-0.25, -0.2) is 0 Å². The lowest BCUT2D eigenvalue weighted by atomic mass is 10.1. The second-order valence-corrected chi connectivity index (χ2v) is 3.19. The van der Waals surface area contributed by atoms with Crippen LogP contribution in [-0.2, 0) is 12.8 Å². The first-order valence-corrected chi connectivity index (χ1v) is 4.72. The Morgan fingerprint density at radius 1 is 1.13 bits per heavy atom. The third-order valence-electron chi connectivity index (χ3n) is 2.14. The molecule has 0 aliphatic carbocycles. The summed E-state index contributed by atoms with van der Waals surface area (Å²) in [7, 11) is 0. The first-order valence-electron chi connectivity index (χ1n) is 4.72. The van der Waals surface area contributed by atoms with Crippen molar-refractivity contribution in [3.8, 4) is 0 Å². The number of hydrogen-bond acceptors (Lipinski definition) is 4. The zero-order chi connectivity index (χ0) is 10.5. The second kappa shape index (κ2) is 4.50. The summed E-state index contributed by atoms with van der Waals surface area (Å²) < 4.78 is 10.4. The maximum atomic E-state index is 5.23. The van der Waals surface area contributed by atoms with Crippen LogP contribution in [0.5, 0.6) is 0 Å². The Bertz CT molecular complexity index is 451. The molecule has 0 saturated heterocycles. The molecule has 2 aromatic heterocycles. The van der Waals surface area contributed by atoms with Crippen LogP contribution in [-0.4, -0.2) is 0 Å². The van der Waals surface area contributed by atoms with Gasteiger partial charge in [0.25, 0.3) is 0 Å². The molecule has 0 unspecified atom stereocenters. The molecule has 2 N–H and O–H groups in total. The summed E-state index contributed by atoms with van der Waals surface area (Å²) in [6, 6.07) is 7.53. The van der Waals surface area contributed by atoms with Crippen LogP contribution in [0.3, 0.4) is 0 Å².